The quantitative estimate of drug-likeness (QED) is 0.445. The molecule has 0 fully saturated rings. The van der Waals surface area contributed by atoms with Crippen molar-refractivity contribution >= 4 is 11.8 Å². The maximum atomic E-state index is 12.6. The van der Waals surface area contributed by atoms with Crippen molar-refractivity contribution in [1.29, 1.82) is 0 Å². The molecule has 0 saturated heterocycles. The van der Waals surface area contributed by atoms with Crippen molar-refractivity contribution in [3.63, 3.8) is 0 Å². The highest BCUT2D eigenvalue weighted by atomic mass is 16.3. The van der Waals surface area contributed by atoms with Crippen LogP contribution >= 0.6 is 0 Å². The van der Waals surface area contributed by atoms with E-state index in [-0.39, 0.29) is 6.42 Å². The van der Waals surface area contributed by atoms with Gasteiger partial charge in [0.1, 0.15) is 6.10 Å². The standard InChI is InChI=1S/C24H40N2O3/c1-18(2)9-7-11-20(5)13-15-26(24(29)22(27)17-23(25)28)16-14-21(6)12-8-10-19(3)4/h9-10,13-14,22,27H,7-8,11-12,15-17H2,1-6H3,(H2,25,28)/b20-13+,21-14+. The number of aliphatic hydroxyl groups is 1. The summed E-state index contributed by atoms with van der Waals surface area (Å²) in [7, 11) is 0. The predicted octanol–water partition coefficient (Wildman–Crippen LogP) is 4.44. The molecular formula is C24H40N2O3. The zero-order valence-corrected chi connectivity index (χ0v) is 19.1. The molecule has 5 heteroatoms. The highest BCUT2D eigenvalue weighted by molar-refractivity contribution is 5.86. The number of carbonyl (C=O) groups excluding carboxylic acids is 2. The Morgan fingerprint density at radius 1 is 0.828 bits per heavy atom. The Bertz CT molecular complexity index is 609. The van der Waals surface area contributed by atoms with Crippen molar-refractivity contribution in [2.75, 3.05) is 13.1 Å². The van der Waals surface area contributed by atoms with Gasteiger partial charge in [-0.2, -0.15) is 0 Å². The lowest BCUT2D eigenvalue weighted by Gasteiger charge is -2.23. The molecule has 3 N–H and O–H groups in total. The van der Waals surface area contributed by atoms with Gasteiger partial charge in [-0.1, -0.05) is 46.6 Å². The van der Waals surface area contributed by atoms with Crippen molar-refractivity contribution in [2.45, 2.75) is 79.8 Å². The molecule has 0 aliphatic rings. The molecule has 0 rings (SSSR count). The van der Waals surface area contributed by atoms with Crippen molar-refractivity contribution in [3.05, 3.63) is 46.6 Å². The lowest BCUT2D eigenvalue weighted by molar-refractivity contribution is -0.141. The first kappa shape index (κ1) is 26.9. The normalized spacial score (nSPS) is 12.9. The van der Waals surface area contributed by atoms with E-state index in [4.69, 9.17) is 5.73 Å². The minimum Gasteiger partial charge on any atom is -0.383 e. The molecular weight excluding hydrogens is 364 g/mol. The van der Waals surface area contributed by atoms with Gasteiger partial charge >= 0.3 is 0 Å². The van der Waals surface area contributed by atoms with E-state index in [1.54, 1.807) is 4.90 Å². The zero-order valence-electron chi connectivity index (χ0n) is 19.1. The Labute approximate surface area is 177 Å². The summed E-state index contributed by atoms with van der Waals surface area (Å²) >= 11 is 0. The van der Waals surface area contributed by atoms with Gasteiger partial charge in [0, 0.05) is 13.1 Å². The maximum absolute atomic E-state index is 12.6. The molecule has 0 spiro atoms. The van der Waals surface area contributed by atoms with Gasteiger partial charge in [0.05, 0.1) is 6.42 Å². The molecule has 0 radical (unpaired) electrons. The SMILES string of the molecule is CC(C)=CCC/C(C)=C/CN(C/C=C(\C)CCC=C(C)C)C(=O)C(O)CC(N)=O. The Kier molecular flexibility index (Phi) is 13.7. The fourth-order valence-electron chi connectivity index (χ4n) is 2.66. The Morgan fingerprint density at radius 3 is 1.59 bits per heavy atom. The minimum atomic E-state index is -1.40. The van der Waals surface area contributed by atoms with Crippen molar-refractivity contribution in [3.8, 4) is 0 Å². The molecule has 0 aromatic rings. The van der Waals surface area contributed by atoms with Crippen LogP contribution in [0.1, 0.15) is 73.6 Å². The van der Waals surface area contributed by atoms with Crippen LogP contribution in [-0.2, 0) is 9.59 Å². The molecule has 2 amide bonds. The van der Waals surface area contributed by atoms with Gasteiger partial charge < -0.3 is 15.7 Å². The molecule has 164 valence electrons. The average molecular weight is 405 g/mol. The molecule has 0 aliphatic carbocycles. The smallest absolute Gasteiger partial charge is 0.252 e. The Morgan fingerprint density at radius 2 is 1.24 bits per heavy atom. The largest absolute Gasteiger partial charge is 0.383 e. The molecule has 0 aromatic carbocycles. The van der Waals surface area contributed by atoms with Gasteiger partial charge in [-0.3, -0.25) is 9.59 Å². The molecule has 0 aromatic heterocycles. The van der Waals surface area contributed by atoms with Crippen LogP contribution in [0.25, 0.3) is 0 Å². The van der Waals surface area contributed by atoms with Crippen LogP contribution in [0.2, 0.25) is 0 Å². The number of allylic oxidation sites excluding steroid dienone is 6. The first-order valence-electron chi connectivity index (χ1n) is 10.4. The van der Waals surface area contributed by atoms with E-state index in [2.05, 4.69) is 39.8 Å². The van der Waals surface area contributed by atoms with Crippen LogP contribution in [0, 0.1) is 0 Å². The summed E-state index contributed by atoms with van der Waals surface area (Å²) in [5, 5.41) is 10.0. The third-order valence-electron chi connectivity index (χ3n) is 4.49. The van der Waals surface area contributed by atoms with Gasteiger partial charge in [0.15, 0.2) is 0 Å². The van der Waals surface area contributed by atoms with E-state index in [1.807, 2.05) is 26.0 Å². The van der Waals surface area contributed by atoms with Crippen LogP contribution in [0.3, 0.4) is 0 Å². The summed E-state index contributed by atoms with van der Waals surface area (Å²) in [5.41, 5.74) is 10.1. The van der Waals surface area contributed by atoms with E-state index in [0.717, 1.165) is 25.7 Å². The van der Waals surface area contributed by atoms with E-state index < -0.39 is 17.9 Å². The fourth-order valence-corrected chi connectivity index (χ4v) is 2.66. The molecule has 29 heavy (non-hydrogen) atoms. The summed E-state index contributed by atoms with van der Waals surface area (Å²) in [6.45, 7) is 13.2. The molecule has 0 saturated carbocycles. The molecule has 5 nitrogen and oxygen atoms in total. The number of nitrogens with zero attached hydrogens (tertiary/aromatic N) is 1. The van der Waals surface area contributed by atoms with E-state index in [0.29, 0.717) is 13.1 Å². The number of hydrogen-bond acceptors (Lipinski definition) is 3. The summed E-state index contributed by atoms with van der Waals surface area (Å²) in [4.78, 5) is 25.2. The van der Waals surface area contributed by atoms with Crippen molar-refractivity contribution in [1.82, 2.24) is 4.90 Å². The molecule has 1 atom stereocenters. The second-order valence-corrected chi connectivity index (χ2v) is 8.17. The van der Waals surface area contributed by atoms with Gasteiger partial charge in [-0.25, -0.2) is 0 Å². The van der Waals surface area contributed by atoms with Gasteiger partial charge in [-0.05, 0) is 67.2 Å². The lowest BCUT2D eigenvalue weighted by Crippen LogP contribution is -2.41. The number of amides is 2. The average Bonchev–Trinajstić information content (AvgIpc) is 2.59. The first-order valence-corrected chi connectivity index (χ1v) is 10.4. The van der Waals surface area contributed by atoms with E-state index in [9.17, 15) is 14.7 Å². The third kappa shape index (κ3) is 14.5. The van der Waals surface area contributed by atoms with Crippen LogP contribution in [-0.4, -0.2) is 41.0 Å². The fraction of sp³-hybridized carbons (Fsp3) is 0.583. The minimum absolute atomic E-state index is 0.359. The Balaban J connectivity index is 5.09. The van der Waals surface area contributed by atoms with Gasteiger partial charge in [-0.15, -0.1) is 0 Å². The topological polar surface area (TPSA) is 83.6 Å². The van der Waals surface area contributed by atoms with E-state index in [1.165, 1.54) is 22.3 Å². The lowest BCUT2D eigenvalue weighted by atomic mass is 10.1. The number of nitrogens with two attached hydrogens (primary N) is 1. The van der Waals surface area contributed by atoms with Gasteiger partial charge in [0.2, 0.25) is 5.91 Å². The monoisotopic (exact) mass is 404 g/mol. The highest BCUT2D eigenvalue weighted by Crippen LogP contribution is 2.10. The van der Waals surface area contributed by atoms with E-state index >= 15 is 0 Å². The van der Waals surface area contributed by atoms with Crippen molar-refractivity contribution < 1.29 is 14.7 Å². The third-order valence-corrected chi connectivity index (χ3v) is 4.49. The van der Waals surface area contributed by atoms with Crippen LogP contribution in [0.15, 0.2) is 46.6 Å². The molecule has 0 aliphatic heterocycles. The second-order valence-electron chi connectivity index (χ2n) is 8.17. The number of rotatable bonds is 13. The highest BCUT2D eigenvalue weighted by Gasteiger charge is 2.22. The molecule has 1 unspecified atom stereocenters. The second kappa shape index (κ2) is 14.8. The predicted molar refractivity (Wildman–Crippen MR) is 121 cm³/mol. The summed E-state index contributed by atoms with van der Waals surface area (Å²) in [6, 6.07) is 0. The van der Waals surface area contributed by atoms with Crippen molar-refractivity contribution in [2.24, 2.45) is 5.73 Å². The number of primary amides is 1. The molecule has 0 heterocycles. The maximum Gasteiger partial charge on any atom is 0.252 e. The number of carbonyl (C=O) groups is 2. The summed E-state index contributed by atoms with van der Waals surface area (Å²) < 4.78 is 0. The van der Waals surface area contributed by atoms with Crippen LogP contribution in [0.5, 0.6) is 0 Å². The molecule has 0 bridgehead atoms. The summed E-state index contributed by atoms with van der Waals surface area (Å²) in [5.74, 6) is -1.15. The first-order chi connectivity index (χ1) is 13.5. The van der Waals surface area contributed by atoms with Crippen LogP contribution < -0.4 is 5.73 Å². The summed E-state index contributed by atoms with van der Waals surface area (Å²) in [6.07, 6.45) is 10.4. The van der Waals surface area contributed by atoms with Gasteiger partial charge in [0.25, 0.3) is 5.91 Å². The number of aliphatic hydroxyl groups excluding tert-OH is 1. The zero-order chi connectivity index (χ0) is 22.4. The Hall–Kier alpha value is -2.14. The van der Waals surface area contributed by atoms with Crippen LogP contribution in [0.4, 0.5) is 0 Å². The number of hydrogen-bond donors (Lipinski definition) is 2.